The minimum absolute atomic E-state index is 0.0307. The van der Waals surface area contributed by atoms with E-state index in [4.69, 9.17) is 11.2 Å². The molecule has 2 aliphatic heterocycles. The SMILES string of the molecule is C#CCN1C(=O)C2(CC2)Oc2cc(F)c(N3C(=O)c4ccc(O)cc4C3=O)cc21. The summed E-state index contributed by atoms with van der Waals surface area (Å²) < 4.78 is 20.7. The van der Waals surface area contributed by atoms with Crippen LogP contribution in [0.25, 0.3) is 0 Å². The van der Waals surface area contributed by atoms with Crippen LogP contribution in [0.5, 0.6) is 11.5 Å². The molecular weight excluding hydrogens is 379 g/mol. The van der Waals surface area contributed by atoms with Crippen molar-refractivity contribution in [2.24, 2.45) is 0 Å². The highest BCUT2D eigenvalue weighted by Gasteiger charge is 2.58. The maximum Gasteiger partial charge on any atom is 0.272 e. The number of hydrogen-bond donors (Lipinski definition) is 1. The Balaban J connectivity index is 1.63. The van der Waals surface area contributed by atoms with Crippen LogP contribution >= 0.6 is 0 Å². The van der Waals surface area contributed by atoms with E-state index in [9.17, 15) is 23.9 Å². The quantitative estimate of drug-likeness (QED) is 0.626. The fourth-order valence-corrected chi connectivity index (χ4v) is 3.73. The average molecular weight is 392 g/mol. The van der Waals surface area contributed by atoms with Gasteiger partial charge in [-0.3, -0.25) is 19.3 Å². The van der Waals surface area contributed by atoms with E-state index in [0.717, 1.165) is 12.1 Å². The summed E-state index contributed by atoms with van der Waals surface area (Å²) >= 11 is 0. The van der Waals surface area contributed by atoms with Gasteiger partial charge in [0.2, 0.25) is 0 Å². The summed E-state index contributed by atoms with van der Waals surface area (Å²) in [5.74, 6) is -0.340. The third-order valence-electron chi connectivity index (χ3n) is 5.32. The van der Waals surface area contributed by atoms with Crippen molar-refractivity contribution in [1.82, 2.24) is 0 Å². The van der Waals surface area contributed by atoms with Gasteiger partial charge in [0, 0.05) is 18.9 Å². The lowest BCUT2D eigenvalue weighted by Gasteiger charge is -2.34. The summed E-state index contributed by atoms with van der Waals surface area (Å²) in [6.07, 6.45) is 6.42. The number of nitrogens with zero attached hydrogens (tertiary/aromatic N) is 2. The molecule has 29 heavy (non-hydrogen) atoms. The topological polar surface area (TPSA) is 87.2 Å². The standard InChI is InChI=1S/C21H13FN2O5/c1-2-7-23-16-10-15(14(22)9-17(16)29-21(5-6-21)20(23)28)24-18(26)12-4-3-11(25)8-13(12)19(24)27/h1,3-4,8-10,25H,5-7H2. The summed E-state index contributed by atoms with van der Waals surface area (Å²) in [6, 6.07) is 6.00. The Hall–Kier alpha value is -3.86. The van der Waals surface area contributed by atoms with Gasteiger partial charge in [0.1, 0.15) is 11.5 Å². The predicted molar refractivity (Wildman–Crippen MR) is 99.4 cm³/mol. The van der Waals surface area contributed by atoms with E-state index >= 15 is 0 Å². The number of hydrogen-bond acceptors (Lipinski definition) is 5. The van der Waals surface area contributed by atoms with Gasteiger partial charge in [-0.15, -0.1) is 6.42 Å². The van der Waals surface area contributed by atoms with Crippen molar-refractivity contribution >= 4 is 29.1 Å². The number of imide groups is 1. The van der Waals surface area contributed by atoms with Gasteiger partial charge in [-0.1, -0.05) is 5.92 Å². The van der Waals surface area contributed by atoms with Gasteiger partial charge in [0.25, 0.3) is 17.7 Å². The first-order chi connectivity index (χ1) is 13.9. The fourth-order valence-electron chi connectivity index (χ4n) is 3.73. The first kappa shape index (κ1) is 17.3. The van der Waals surface area contributed by atoms with E-state index in [2.05, 4.69) is 5.92 Å². The van der Waals surface area contributed by atoms with Crippen LogP contribution in [0.1, 0.15) is 33.6 Å². The second-order valence-corrected chi connectivity index (χ2v) is 7.14. The summed E-state index contributed by atoms with van der Waals surface area (Å²) in [4.78, 5) is 40.2. The van der Waals surface area contributed by atoms with Gasteiger partial charge >= 0.3 is 0 Å². The summed E-state index contributed by atoms with van der Waals surface area (Å²) in [6.45, 7) is -0.0575. The van der Waals surface area contributed by atoms with E-state index in [1.807, 2.05) is 0 Å². The Morgan fingerprint density at radius 3 is 2.52 bits per heavy atom. The van der Waals surface area contributed by atoms with Gasteiger partial charge in [0.05, 0.1) is 29.0 Å². The number of halogens is 1. The van der Waals surface area contributed by atoms with Gasteiger partial charge < -0.3 is 9.84 Å². The normalized spacial score (nSPS) is 18.4. The molecule has 0 aromatic heterocycles. The molecule has 1 spiro atoms. The molecule has 144 valence electrons. The highest BCUT2D eigenvalue weighted by atomic mass is 19.1. The molecule has 1 saturated carbocycles. The molecule has 5 rings (SSSR count). The van der Waals surface area contributed by atoms with Crippen LogP contribution in [0.3, 0.4) is 0 Å². The number of phenols is 1. The van der Waals surface area contributed by atoms with Crippen LogP contribution in [0.15, 0.2) is 30.3 Å². The first-order valence-electron chi connectivity index (χ1n) is 8.86. The molecule has 0 radical (unpaired) electrons. The largest absolute Gasteiger partial charge is 0.508 e. The zero-order valence-corrected chi connectivity index (χ0v) is 14.9. The number of rotatable bonds is 2. The Morgan fingerprint density at radius 2 is 1.83 bits per heavy atom. The smallest absolute Gasteiger partial charge is 0.272 e. The van der Waals surface area contributed by atoms with Crippen LogP contribution in [0.4, 0.5) is 15.8 Å². The minimum Gasteiger partial charge on any atom is -0.508 e. The molecule has 1 N–H and O–H groups in total. The minimum atomic E-state index is -1.01. The summed E-state index contributed by atoms with van der Waals surface area (Å²) in [5, 5.41) is 9.61. The molecule has 0 bridgehead atoms. The number of carbonyl (C=O) groups excluding carboxylic acids is 3. The molecule has 3 aliphatic rings. The Kier molecular flexibility index (Phi) is 3.32. The molecule has 1 aliphatic carbocycles. The lowest BCUT2D eigenvalue weighted by Crippen LogP contribution is -2.48. The zero-order chi connectivity index (χ0) is 20.5. The third-order valence-corrected chi connectivity index (χ3v) is 5.32. The number of ether oxygens (including phenoxy) is 1. The lowest BCUT2D eigenvalue weighted by molar-refractivity contribution is -0.128. The molecule has 1 fully saturated rings. The number of benzene rings is 2. The number of amides is 3. The maximum atomic E-state index is 14.9. The summed E-state index contributed by atoms with van der Waals surface area (Å²) in [5.41, 5.74) is -1.11. The number of phenolic OH excluding ortho intramolecular Hbond substituents is 1. The molecule has 2 aromatic rings. The van der Waals surface area contributed by atoms with Crippen LogP contribution in [0, 0.1) is 18.2 Å². The van der Waals surface area contributed by atoms with Crippen molar-refractivity contribution < 1.29 is 28.6 Å². The van der Waals surface area contributed by atoms with Crippen LogP contribution < -0.4 is 14.5 Å². The van der Waals surface area contributed by atoms with Crippen molar-refractivity contribution in [2.75, 3.05) is 16.3 Å². The lowest BCUT2D eigenvalue weighted by atomic mass is 10.1. The van der Waals surface area contributed by atoms with Crippen LogP contribution in [-0.2, 0) is 4.79 Å². The molecule has 8 heteroatoms. The maximum absolute atomic E-state index is 14.9. The average Bonchev–Trinajstić information content (AvgIpc) is 3.42. The highest BCUT2D eigenvalue weighted by molar-refractivity contribution is 6.34. The van der Waals surface area contributed by atoms with E-state index < -0.39 is 23.2 Å². The Morgan fingerprint density at radius 1 is 1.10 bits per heavy atom. The molecule has 7 nitrogen and oxygen atoms in total. The number of anilines is 2. The number of carbonyl (C=O) groups is 3. The molecule has 0 saturated heterocycles. The monoisotopic (exact) mass is 392 g/mol. The van der Waals surface area contributed by atoms with Crippen molar-refractivity contribution in [3.8, 4) is 23.8 Å². The second-order valence-electron chi connectivity index (χ2n) is 7.14. The predicted octanol–water partition coefficient (Wildman–Crippen LogP) is 2.22. The van der Waals surface area contributed by atoms with Crippen molar-refractivity contribution in [1.29, 1.82) is 0 Å². The van der Waals surface area contributed by atoms with E-state index in [0.29, 0.717) is 17.7 Å². The van der Waals surface area contributed by atoms with Gasteiger partial charge in [0.15, 0.2) is 11.4 Å². The molecule has 0 atom stereocenters. The Labute approximate surface area is 164 Å². The van der Waals surface area contributed by atoms with Gasteiger partial charge in [-0.2, -0.15) is 0 Å². The van der Waals surface area contributed by atoms with Crippen molar-refractivity contribution in [3.63, 3.8) is 0 Å². The number of terminal acetylenes is 1. The van der Waals surface area contributed by atoms with E-state index in [1.54, 1.807) is 0 Å². The molecule has 0 unspecified atom stereocenters. The van der Waals surface area contributed by atoms with E-state index in [-0.39, 0.29) is 46.5 Å². The molecule has 2 aromatic carbocycles. The van der Waals surface area contributed by atoms with Gasteiger partial charge in [-0.25, -0.2) is 9.29 Å². The Bertz CT molecular complexity index is 1180. The fraction of sp³-hybridized carbons (Fsp3) is 0.190. The van der Waals surface area contributed by atoms with Crippen molar-refractivity contribution in [2.45, 2.75) is 18.4 Å². The highest BCUT2D eigenvalue weighted by Crippen LogP contribution is 2.50. The number of fused-ring (bicyclic) bond motifs is 2. The van der Waals surface area contributed by atoms with E-state index in [1.165, 1.54) is 23.1 Å². The summed E-state index contributed by atoms with van der Waals surface area (Å²) in [7, 11) is 0. The second kappa shape index (κ2) is 5.58. The van der Waals surface area contributed by atoms with Crippen molar-refractivity contribution in [3.05, 3.63) is 47.3 Å². The first-order valence-corrected chi connectivity index (χ1v) is 8.86. The number of aromatic hydroxyl groups is 1. The molecule has 2 heterocycles. The zero-order valence-electron chi connectivity index (χ0n) is 14.9. The van der Waals surface area contributed by atoms with Crippen LogP contribution in [-0.4, -0.2) is 35.0 Å². The third kappa shape index (κ3) is 2.27. The van der Waals surface area contributed by atoms with Crippen LogP contribution in [0.2, 0.25) is 0 Å². The molecule has 3 amide bonds. The van der Waals surface area contributed by atoms with Gasteiger partial charge in [-0.05, 0) is 24.3 Å². The molecular formula is C21H13FN2O5.